The number of hydrogen-bond acceptors (Lipinski definition) is 2. The molecule has 224 valence electrons. The van der Waals surface area contributed by atoms with Gasteiger partial charge in [0.05, 0.1) is 11.0 Å². The van der Waals surface area contributed by atoms with E-state index in [1.165, 1.54) is 6.07 Å². The molecule has 0 radical (unpaired) electrons. The van der Waals surface area contributed by atoms with Crippen LogP contribution in [0.3, 0.4) is 0 Å². The van der Waals surface area contributed by atoms with Gasteiger partial charge in [-0.05, 0) is 74.5 Å². The van der Waals surface area contributed by atoms with Gasteiger partial charge in [-0.2, -0.15) is 39.5 Å². The second-order valence-electron chi connectivity index (χ2n) is 9.62. The van der Waals surface area contributed by atoms with E-state index in [-0.39, 0.29) is 29.5 Å². The van der Waals surface area contributed by atoms with Crippen molar-refractivity contribution in [3.8, 4) is 0 Å². The van der Waals surface area contributed by atoms with E-state index in [1.54, 1.807) is 0 Å². The average molecular weight is 727 g/mol. The molecule has 2 aromatic carbocycles. The standard InChI is InChI=1S/C26H19Br2F10NO2/c1-39(12-24(30,31)32)22(41)23(6-7-23)11-21(40)15-4-2-14(8-17(15)26(36,37)38)20(29)10-16(25(33,34)35)13-3-5-18(27)19(28)9-13/h2-5,8-10,16H,6-7,11-12H2,1H3/b20-10-. The minimum atomic E-state index is -5.25. The highest BCUT2D eigenvalue weighted by atomic mass is 79.9. The highest BCUT2D eigenvalue weighted by molar-refractivity contribution is 9.13. The fraction of sp³-hybridized carbons (Fsp3) is 0.385. The molecule has 0 spiro atoms. The number of benzene rings is 2. The van der Waals surface area contributed by atoms with Gasteiger partial charge in [0.2, 0.25) is 5.91 Å². The first-order chi connectivity index (χ1) is 18.6. The Bertz CT molecular complexity index is 1360. The molecule has 0 aliphatic heterocycles. The number of allylic oxidation sites excluding steroid dienone is 1. The van der Waals surface area contributed by atoms with Crippen molar-refractivity contribution in [2.24, 2.45) is 5.41 Å². The quantitative estimate of drug-likeness (QED) is 0.201. The van der Waals surface area contributed by atoms with Crippen LogP contribution in [0.15, 0.2) is 51.4 Å². The third kappa shape index (κ3) is 8.11. The topological polar surface area (TPSA) is 37.4 Å². The van der Waals surface area contributed by atoms with Crippen LogP contribution in [0.25, 0.3) is 5.83 Å². The number of Topliss-reactive ketones (excluding diaryl/α,β-unsaturated/α-hetero) is 1. The number of amides is 1. The lowest BCUT2D eigenvalue weighted by molar-refractivity contribution is -0.161. The zero-order valence-electron chi connectivity index (χ0n) is 20.7. The Morgan fingerprint density at radius 1 is 0.951 bits per heavy atom. The Hall–Kier alpha value is -2.42. The average Bonchev–Trinajstić information content (AvgIpc) is 3.61. The van der Waals surface area contributed by atoms with Crippen LogP contribution in [0.2, 0.25) is 0 Å². The molecule has 1 aliphatic carbocycles. The van der Waals surface area contributed by atoms with Crippen molar-refractivity contribution in [1.82, 2.24) is 4.90 Å². The molecular weight excluding hydrogens is 708 g/mol. The third-order valence-electron chi connectivity index (χ3n) is 6.44. The van der Waals surface area contributed by atoms with Crippen LogP contribution in [0.1, 0.15) is 52.2 Å². The van der Waals surface area contributed by atoms with E-state index in [2.05, 4.69) is 31.9 Å². The van der Waals surface area contributed by atoms with Gasteiger partial charge in [0.15, 0.2) is 5.78 Å². The Morgan fingerprint density at radius 3 is 2.05 bits per heavy atom. The SMILES string of the molecule is CN(CC(F)(F)F)C(=O)C1(CC(=O)c2ccc(/C(F)=C/C(c3ccc(Br)c(Br)c3)C(F)(F)F)cc2C(F)(F)F)CC1. The van der Waals surface area contributed by atoms with E-state index in [0.29, 0.717) is 21.5 Å². The Balaban J connectivity index is 1.95. The fourth-order valence-electron chi connectivity index (χ4n) is 4.26. The van der Waals surface area contributed by atoms with Crippen molar-refractivity contribution in [3.05, 3.63) is 73.7 Å². The zero-order valence-corrected chi connectivity index (χ0v) is 23.9. The van der Waals surface area contributed by atoms with Gasteiger partial charge in [-0.1, -0.05) is 18.2 Å². The Labute approximate surface area is 243 Å². The Kier molecular flexibility index (Phi) is 9.44. The molecule has 0 bridgehead atoms. The summed E-state index contributed by atoms with van der Waals surface area (Å²) < 4.78 is 137. The molecule has 1 aliphatic rings. The van der Waals surface area contributed by atoms with Crippen LogP contribution in [-0.2, 0) is 11.0 Å². The summed E-state index contributed by atoms with van der Waals surface area (Å²) in [4.78, 5) is 25.7. The summed E-state index contributed by atoms with van der Waals surface area (Å²) in [6, 6.07) is 4.84. The number of nitrogens with zero attached hydrogens (tertiary/aromatic N) is 1. The van der Waals surface area contributed by atoms with Crippen molar-refractivity contribution in [3.63, 3.8) is 0 Å². The molecule has 1 fully saturated rings. The molecule has 0 aromatic heterocycles. The van der Waals surface area contributed by atoms with Crippen molar-refractivity contribution in [2.75, 3.05) is 13.6 Å². The van der Waals surface area contributed by atoms with Crippen LogP contribution in [0.5, 0.6) is 0 Å². The maximum atomic E-state index is 15.0. The molecule has 0 N–H and O–H groups in total. The van der Waals surface area contributed by atoms with Gasteiger partial charge in [0.1, 0.15) is 18.3 Å². The van der Waals surface area contributed by atoms with E-state index >= 15 is 4.39 Å². The lowest BCUT2D eigenvalue weighted by Crippen LogP contribution is -2.41. The van der Waals surface area contributed by atoms with Gasteiger partial charge < -0.3 is 4.90 Å². The minimum absolute atomic E-state index is 0.0262. The number of rotatable bonds is 8. The van der Waals surface area contributed by atoms with Crippen molar-refractivity contribution in [2.45, 2.75) is 43.7 Å². The first-order valence-corrected chi connectivity index (χ1v) is 13.2. The van der Waals surface area contributed by atoms with Crippen LogP contribution >= 0.6 is 31.9 Å². The number of carbonyl (C=O) groups is 2. The molecular formula is C26H19Br2F10NO2. The summed E-state index contributed by atoms with van der Waals surface area (Å²) in [5.41, 5.74) is -5.55. The van der Waals surface area contributed by atoms with Crippen LogP contribution in [-0.4, -0.2) is 42.5 Å². The molecule has 1 atom stereocenters. The molecule has 41 heavy (non-hydrogen) atoms. The van der Waals surface area contributed by atoms with E-state index < -0.39 is 82.6 Å². The van der Waals surface area contributed by atoms with E-state index in [1.807, 2.05) is 0 Å². The number of halogens is 12. The zero-order chi connectivity index (χ0) is 31.1. The number of ketones is 1. The fourth-order valence-corrected chi connectivity index (χ4v) is 4.91. The van der Waals surface area contributed by atoms with Crippen molar-refractivity contribution < 1.29 is 53.5 Å². The lowest BCUT2D eigenvalue weighted by Gasteiger charge is -2.24. The summed E-state index contributed by atoms with van der Waals surface area (Å²) in [5.74, 6) is -6.46. The lowest BCUT2D eigenvalue weighted by atomic mass is 9.90. The van der Waals surface area contributed by atoms with Gasteiger partial charge in [0, 0.05) is 33.5 Å². The van der Waals surface area contributed by atoms with Crippen LogP contribution < -0.4 is 0 Å². The maximum Gasteiger partial charge on any atom is 0.417 e. The molecule has 3 rings (SSSR count). The summed E-state index contributed by atoms with van der Waals surface area (Å²) in [6.45, 7) is -1.62. The molecule has 1 unspecified atom stereocenters. The molecule has 3 nitrogen and oxygen atoms in total. The summed E-state index contributed by atoms with van der Waals surface area (Å²) >= 11 is 6.13. The van der Waals surface area contributed by atoms with Gasteiger partial charge >= 0.3 is 18.5 Å². The summed E-state index contributed by atoms with van der Waals surface area (Å²) in [6.07, 6.45) is -15.8. The monoisotopic (exact) mass is 725 g/mol. The largest absolute Gasteiger partial charge is 0.417 e. The van der Waals surface area contributed by atoms with E-state index in [9.17, 15) is 49.1 Å². The van der Waals surface area contributed by atoms with Crippen LogP contribution in [0, 0.1) is 5.41 Å². The predicted octanol–water partition coefficient (Wildman–Crippen LogP) is 9.26. The highest BCUT2D eigenvalue weighted by Gasteiger charge is 2.54. The molecule has 0 saturated heterocycles. The summed E-state index contributed by atoms with van der Waals surface area (Å²) in [7, 11) is 0.854. The van der Waals surface area contributed by atoms with Gasteiger partial charge in [-0.15, -0.1) is 0 Å². The van der Waals surface area contributed by atoms with Crippen molar-refractivity contribution in [1.29, 1.82) is 0 Å². The molecule has 1 amide bonds. The van der Waals surface area contributed by atoms with E-state index in [4.69, 9.17) is 0 Å². The maximum absolute atomic E-state index is 15.0. The second kappa shape index (κ2) is 11.7. The molecule has 0 heterocycles. The van der Waals surface area contributed by atoms with Crippen molar-refractivity contribution >= 4 is 49.4 Å². The van der Waals surface area contributed by atoms with Crippen LogP contribution in [0.4, 0.5) is 43.9 Å². The highest BCUT2D eigenvalue weighted by Crippen LogP contribution is 2.51. The second-order valence-corrected chi connectivity index (χ2v) is 11.3. The number of alkyl halides is 9. The molecule has 1 saturated carbocycles. The molecule has 15 heteroatoms. The number of hydrogen-bond donors (Lipinski definition) is 0. The van der Waals surface area contributed by atoms with E-state index in [0.717, 1.165) is 19.2 Å². The van der Waals surface area contributed by atoms with Gasteiger partial charge in [-0.25, -0.2) is 4.39 Å². The first-order valence-electron chi connectivity index (χ1n) is 11.6. The predicted molar refractivity (Wildman–Crippen MR) is 135 cm³/mol. The normalized spacial score (nSPS) is 16.4. The van der Waals surface area contributed by atoms with Gasteiger partial charge in [-0.3, -0.25) is 9.59 Å². The first kappa shape index (κ1) is 33.1. The Morgan fingerprint density at radius 2 is 1.56 bits per heavy atom. The number of carbonyl (C=O) groups excluding carboxylic acids is 2. The third-order valence-corrected chi connectivity index (χ3v) is 8.32. The minimum Gasteiger partial charge on any atom is -0.336 e. The molecule has 2 aromatic rings. The van der Waals surface area contributed by atoms with Gasteiger partial charge in [0.25, 0.3) is 0 Å². The summed E-state index contributed by atoms with van der Waals surface area (Å²) in [5, 5.41) is 0. The smallest absolute Gasteiger partial charge is 0.336 e.